The van der Waals surface area contributed by atoms with Gasteiger partial charge in [-0.2, -0.15) is 14.2 Å². The topological polar surface area (TPSA) is 98.7 Å². The predicted molar refractivity (Wildman–Crippen MR) is 62.9 cm³/mol. The molecule has 0 saturated carbocycles. The Balaban J connectivity index is -0.000000579. The van der Waals surface area contributed by atoms with E-state index in [9.17, 15) is 9.59 Å². The van der Waals surface area contributed by atoms with Crippen molar-refractivity contribution in [2.45, 2.75) is 41.5 Å². The minimum absolute atomic E-state index is 0.329. The first-order chi connectivity index (χ1) is 8.55. The third kappa shape index (κ3) is 13.8. The Bertz CT molecular complexity index is 226. The van der Waals surface area contributed by atoms with Crippen LogP contribution in [0.4, 0.5) is 0 Å². The third-order valence-electron chi connectivity index (χ3n) is 1.49. The molecule has 0 atom stereocenters. The van der Waals surface area contributed by atoms with Crippen LogP contribution in [0.3, 0.4) is 0 Å². The second-order valence-electron chi connectivity index (χ2n) is 5.36. The van der Waals surface area contributed by atoms with E-state index in [1.807, 2.05) is 0 Å². The Kier molecular flexibility index (Phi) is 14.2. The summed E-state index contributed by atoms with van der Waals surface area (Å²) in [6.07, 6.45) is 0. The minimum Gasteiger partial charge on any atom is -0.857 e. The first-order valence-corrected chi connectivity index (χ1v) is 6.82. The van der Waals surface area contributed by atoms with E-state index < -0.39 is 30.8 Å². The molecule has 0 fully saturated rings. The molecule has 0 aliphatic carbocycles. The van der Waals surface area contributed by atoms with Gasteiger partial charge < -0.3 is 10.2 Å². The summed E-state index contributed by atoms with van der Waals surface area (Å²) in [7, 11) is 1.50. The Hall–Kier alpha value is -0.426. The summed E-state index contributed by atoms with van der Waals surface area (Å²) in [5.41, 5.74) is -1.09. The number of carbonyl (C=O) groups is 2. The fourth-order valence-electron chi connectivity index (χ4n) is 0.403. The van der Waals surface area contributed by atoms with Crippen molar-refractivity contribution in [3.63, 3.8) is 0 Å². The molecule has 0 heterocycles. The molecule has 19 heavy (non-hydrogen) atoms. The molecule has 0 unspecified atom stereocenters. The van der Waals surface area contributed by atoms with Crippen LogP contribution < -0.4 is 10.2 Å². The van der Waals surface area contributed by atoms with Crippen molar-refractivity contribution in [2.75, 3.05) is 14.2 Å². The predicted octanol–water partition coefficient (Wildman–Crippen LogP) is 0.0305. The summed E-state index contributed by atoms with van der Waals surface area (Å²) in [5.74, 6) is -0.659. The van der Waals surface area contributed by atoms with Crippen LogP contribution in [0, 0.1) is 10.8 Å². The van der Waals surface area contributed by atoms with Gasteiger partial charge >= 0.3 is 100 Å². The molecule has 0 N–H and O–H groups in total. The Morgan fingerprint density at radius 3 is 1.11 bits per heavy atom. The zero-order valence-electron chi connectivity index (χ0n) is 12.9. The molecule has 0 aromatic heterocycles. The molecule has 6 nitrogen and oxygen atoms in total. The van der Waals surface area contributed by atoms with E-state index in [0.29, 0.717) is 0 Å². The molecule has 0 saturated heterocycles. The summed E-state index contributed by atoms with van der Waals surface area (Å²) in [4.78, 5) is 22.6. The maximum atomic E-state index is 11.3. The molecule has 0 rings (SSSR count). The number of hydrogen-bond acceptors (Lipinski definition) is 6. The van der Waals surface area contributed by atoms with Gasteiger partial charge in [-0.1, -0.05) is 0 Å². The Labute approximate surface area is 125 Å². The summed E-state index contributed by atoms with van der Waals surface area (Å²) in [6.45, 7) is 10.5. The summed E-state index contributed by atoms with van der Waals surface area (Å²) >= 11 is -1.42. The van der Waals surface area contributed by atoms with E-state index in [1.54, 1.807) is 41.5 Å². The number of carbonyl (C=O) groups excluding carboxylic acids is 2. The first-order valence-electron chi connectivity index (χ1n) is 5.54. The van der Waals surface area contributed by atoms with Crippen molar-refractivity contribution in [2.24, 2.45) is 10.8 Å². The molecule has 0 radical (unpaired) electrons. The van der Waals surface area contributed by atoms with Gasteiger partial charge in [-0.15, -0.1) is 0 Å². The number of hydrogen-bond donors (Lipinski definition) is 0. The van der Waals surface area contributed by atoms with Crippen LogP contribution in [0.2, 0.25) is 0 Å². The normalized spacial score (nSPS) is 9.79. The van der Waals surface area contributed by atoms with Gasteiger partial charge in [0.1, 0.15) is 0 Å². The smallest absolute Gasteiger partial charge is 0.153 e. The zero-order chi connectivity index (χ0) is 16.3. The van der Waals surface area contributed by atoms with Crippen LogP contribution in [0.5, 0.6) is 0 Å². The van der Waals surface area contributed by atoms with Gasteiger partial charge in [-0.3, -0.25) is 0 Å². The standard InChI is InChI=1S/2C5H10O2.2CH3O.Ti/c2*1-5(2,3)4(6)7;2*1-2;/h2*1-3H3,(H,6,7);2*1H3;/q;;2*-1;+4/p-2. The van der Waals surface area contributed by atoms with E-state index in [2.05, 4.69) is 0 Å². The first kappa shape index (κ1) is 23.7. The van der Waals surface area contributed by atoms with Crippen LogP contribution in [0.15, 0.2) is 0 Å². The monoisotopic (exact) mass is 312 g/mol. The molecule has 0 bridgehead atoms. The van der Waals surface area contributed by atoms with Gasteiger partial charge in [0.15, 0.2) is 0 Å². The second kappa shape index (κ2) is 11.4. The van der Waals surface area contributed by atoms with E-state index >= 15 is 0 Å². The van der Waals surface area contributed by atoms with Crippen molar-refractivity contribution < 1.29 is 46.4 Å². The van der Waals surface area contributed by atoms with Crippen LogP contribution in [0.25, 0.3) is 0 Å². The van der Waals surface area contributed by atoms with E-state index in [1.165, 1.54) is 0 Å². The van der Waals surface area contributed by atoms with Crippen molar-refractivity contribution in [1.82, 2.24) is 0 Å². The molecule has 0 spiro atoms. The minimum atomic E-state index is -1.42. The van der Waals surface area contributed by atoms with Gasteiger partial charge in [-0.25, -0.2) is 0 Å². The third-order valence-corrected chi connectivity index (χ3v) is 2.33. The molecule has 0 aliphatic rings. The summed E-state index contributed by atoms with van der Waals surface area (Å²) in [6, 6.07) is 0. The number of rotatable bonds is 2. The van der Waals surface area contributed by atoms with Crippen LogP contribution in [0.1, 0.15) is 41.5 Å². The van der Waals surface area contributed by atoms with Crippen LogP contribution in [-0.4, -0.2) is 26.2 Å². The quantitative estimate of drug-likeness (QED) is 0.667. The van der Waals surface area contributed by atoms with Crippen molar-refractivity contribution in [3.05, 3.63) is 0 Å². The van der Waals surface area contributed by atoms with E-state index in [4.69, 9.17) is 16.8 Å². The SMILES string of the molecule is CC(C)(C)C(=O)[O][Ti+2][O]C(=O)C(C)(C)C.C[O-].C[O-]. The van der Waals surface area contributed by atoms with Gasteiger partial charge in [0, 0.05) is 0 Å². The van der Waals surface area contributed by atoms with Gasteiger partial charge in [0.2, 0.25) is 0 Å². The van der Waals surface area contributed by atoms with Gasteiger partial charge in [0.25, 0.3) is 0 Å². The molecular weight excluding hydrogens is 288 g/mol. The maximum absolute atomic E-state index is 11.3. The molecule has 0 aromatic rings. The molecule has 0 aliphatic heterocycles. The van der Waals surface area contributed by atoms with E-state index in [0.717, 1.165) is 14.2 Å². The molecule has 0 aromatic carbocycles. The Morgan fingerprint density at radius 2 is 0.947 bits per heavy atom. The summed E-state index contributed by atoms with van der Waals surface area (Å²) < 4.78 is 9.83. The van der Waals surface area contributed by atoms with Gasteiger partial charge in [0.05, 0.1) is 0 Å². The maximum Gasteiger partial charge on any atom is -0.153 e. The Morgan fingerprint density at radius 1 is 0.737 bits per heavy atom. The largest absolute Gasteiger partial charge is 0.857 e. The second-order valence-corrected chi connectivity index (χ2v) is 6.26. The average Bonchev–Trinajstić information content (AvgIpc) is 2.31. The van der Waals surface area contributed by atoms with E-state index in [-0.39, 0.29) is 11.9 Å². The molecule has 0 amide bonds. The molecular formula is C12H24O6Ti. The fourth-order valence-corrected chi connectivity index (χ4v) is 1.66. The zero-order valence-corrected chi connectivity index (χ0v) is 14.5. The van der Waals surface area contributed by atoms with Gasteiger partial charge in [-0.05, 0) is 0 Å². The van der Waals surface area contributed by atoms with Crippen LogP contribution in [-0.2, 0) is 36.2 Å². The van der Waals surface area contributed by atoms with Crippen molar-refractivity contribution in [1.29, 1.82) is 0 Å². The molecule has 7 heteroatoms. The fraction of sp³-hybridized carbons (Fsp3) is 0.833. The average molecular weight is 312 g/mol. The van der Waals surface area contributed by atoms with Crippen molar-refractivity contribution >= 4 is 11.9 Å². The van der Waals surface area contributed by atoms with Crippen LogP contribution >= 0.6 is 0 Å². The molecule has 112 valence electrons. The van der Waals surface area contributed by atoms with Crippen molar-refractivity contribution in [3.8, 4) is 0 Å². The summed E-state index contributed by atoms with van der Waals surface area (Å²) in [5, 5.41) is 16.5.